The number of ether oxygens (including phenoxy) is 1. The topological polar surface area (TPSA) is 52.4 Å². The minimum Gasteiger partial charge on any atom is -0.623 e. The second-order valence-electron chi connectivity index (χ2n) is 4.51. The van der Waals surface area contributed by atoms with Crippen LogP contribution in [0.15, 0.2) is 0 Å². The summed E-state index contributed by atoms with van der Waals surface area (Å²) < 4.78 is 5.87. The van der Waals surface area contributed by atoms with Crippen LogP contribution in [0.5, 0.6) is 0 Å². The van der Waals surface area contributed by atoms with Gasteiger partial charge < -0.3 is 9.94 Å². The number of hydrogen-bond acceptors (Lipinski definition) is 3. The van der Waals surface area contributed by atoms with Gasteiger partial charge in [-0.2, -0.15) is 4.74 Å². The largest absolute Gasteiger partial charge is 0.623 e. The maximum absolute atomic E-state index is 11.9. The maximum Gasteiger partial charge on any atom is 0.379 e. The lowest BCUT2D eigenvalue weighted by atomic mass is 9.87. The van der Waals surface area contributed by atoms with Gasteiger partial charge in [0.25, 0.3) is 5.54 Å². The Hall–Kier alpha value is -1.06. The van der Waals surface area contributed by atoms with Crippen molar-refractivity contribution >= 4 is 12.2 Å². The van der Waals surface area contributed by atoms with Crippen molar-refractivity contribution in [2.45, 2.75) is 52.0 Å². The molecule has 0 radical (unpaired) electrons. The molecular weight excluding hydrogens is 206 g/mol. The molecule has 0 N–H and O–H groups in total. The van der Waals surface area contributed by atoms with E-state index in [1.807, 2.05) is 6.92 Å². The highest BCUT2D eigenvalue weighted by Crippen LogP contribution is 2.32. The van der Waals surface area contributed by atoms with Crippen LogP contribution in [-0.4, -0.2) is 29.1 Å². The molecule has 0 amide bonds. The molecule has 0 aromatic carbocycles. The first-order valence-electron chi connectivity index (χ1n) is 6.05. The van der Waals surface area contributed by atoms with Crippen LogP contribution in [0.4, 0.5) is 0 Å². The smallest absolute Gasteiger partial charge is 0.379 e. The monoisotopic (exact) mass is 227 g/mol. The number of carbonyl (C=O) groups excluding carboxylic acids is 1. The number of hydroxylamine groups is 1. The zero-order chi connectivity index (χ0) is 12.2. The first kappa shape index (κ1) is 13.0. The Morgan fingerprint density at radius 3 is 2.75 bits per heavy atom. The zero-order valence-corrected chi connectivity index (χ0v) is 10.4. The molecular formula is C12H21NO3. The van der Waals surface area contributed by atoms with Crippen LogP contribution in [0.1, 0.15) is 46.5 Å². The zero-order valence-electron chi connectivity index (χ0n) is 10.4. The summed E-state index contributed by atoms with van der Waals surface area (Å²) in [6.45, 7) is 6.10. The molecule has 1 rings (SSSR count). The lowest BCUT2D eigenvalue weighted by molar-refractivity contribution is -0.524. The van der Waals surface area contributed by atoms with Gasteiger partial charge in [-0.1, -0.05) is 20.3 Å². The third-order valence-electron chi connectivity index (χ3n) is 3.07. The normalized spacial score (nSPS) is 28.9. The van der Waals surface area contributed by atoms with Gasteiger partial charge in [0.1, 0.15) is 0 Å². The van der Waals surface area contributed by atoms with E-state index in [9.17, 15) is 10.0 Å². The summed E-state index contributed by atoms with van der Waals surface area (Å²) >= 11 is 0. The van der Waals surface area contributed by atoms with E-state index in [4.69, 9.17) is 4.74 Å². The second-order valence-corrected chi connectivity index (χ2v) is 4.51. The summed E-state index contributed by atoms with van der Waals surface area (Å²) in [5.74, 6) is -0.210. The third kappa shape index (κ3) is 2.36. The molecule has 92 valence electrons. The van der Waals surface area contributed by atoms with E-state index in [-0.39, 0.29) is 11.9 Å². The summed E-state index contributed by atoms with van der Waals surface area (Å²) in [4.78, 5) is 11.9. The summed E-state index contributed by atoms with van der Waals surface area (Å²) in [6, 6.07) is 0. The summed E-state index contributed by atoms with van der Waals surface area (Å²) in [5, 5.41) is 11.9. The molecule has 16 heavy (non-hydrogen) atoms. The molecule has 0 saturated heterocycles. The van der Waals surface area contributed by atoms with E-state index in [1.165, 1.54) is 0 Å². The number of unbranched alkanes of at least 4 members (excludes halogenated alkanes) is 1. The van der Waals surface area contributed by atoms with Crippen molar-refractivity contribution in [3.05, 3.63) is 5.21 Å². The molecule has 4 heteroatoms. The lowest BCUT2D eigenvalue weighted by Crippen LogP contribution is -2.46. The second kappa shape index (κ2) is 5.32. The van der Waals surface area contributed by atoms with Gasteiger partial charge in [-0.25, -0.2) is 4.79 Å². The highest BCUT2D eigenvalue weighted by Gasteiger charge is 2.52. The lowest BCUT2D eigenvalue weighted by Gasteiger charge is -2.25. The van der Waals surface area contributed by atoms with Crippen molar-refractivity contribution < 1.29 is 14.3 Å². The Morgan fingerprint density at radius 2 is 2.31 bits per heavy atom. The van der Waals surface area contributed by atoms with Crippen molar-refractivity contribution in [1.82, 2.24) is 0 Å². The van der Waals surface area contributed by atoms with Crippen LogP contribution in [0.3, 0.4) is 0 Å². The van der Waals surface area contributed by atoms with Crippen LogP contribution in [0.25, 0.3) is 0 Å². The number of nitrogens with zero attached hydrogens (tertiary/aromatic N) is 1. The van der Waals surface area contributed by atoms with Gasteiger partial charge in [-0.3, -0.25) is 0 Å². The minimum absolute atomic E-state index is 0.152. The number of rotatable bonds is 5. The van der Waals surface area contributed by atoms with Crippen LogP contribution in [0, 0.1) is 11.1 Å². The van der Waals surface area contributed by atoms with E-state index in [0.29, 0.717) is 19.4 Å². The molecule has 0 aliphatic carbocycles. The average Bonchev–Trinajstić information content (AvgIpc) is 2.52. The van der Waals surface area contributed by atoms with Crippen molar-refractivity contribution in [2.24, 2.45) is 5.92 Å². The maximum atomic E-state index is 11.9. The quantitative estimate of drug-likeness (QED) is 0.410. The number of carbonyl (C=O) groups is 1. The fourth-order valence-corrected chi connectivity index (χ4v) is 2.27. The van der Waals surface area contributed by atoms with Gasteiger partial charge in [-0.15, -0.1) is 0 Å². The molecule has 0 aromatic heterocycles. The Bertz CT molecular complexity index is 288. The molecule has 0 bridgehead atoms. The van der Waals surface area contributed by atoms with Crippen LogP contribution in [-0.2, 0) is 9.53 Å². The molecule has 1 aliphatic rings. The highest BCUT2D eigenvalue weighted by molar-refractivity contribution is 5.82. The summed E-state index contributed by atoms with van der Waals surface area (Å²) in [5.41, 5.74) is -0.953. The van der Waals surface area contributed by atoms with Crippen molar-refractivity contribution in [3.63, 3.8) is 0 Å². The number of esters is 1. The van der Waals surface area contributed by atoms with E-state index in [0.717, 1.165) is 17.6 Å². The standard InChI is InChI=1S/C12H21NO3/c1-4-6-7-12(11(14)16-5-2)8-10(3)9-13(12)15/h9-10H,4-8H2,1-3H3. The number of hydrogen-bond donors (Lipinski definition) is 0. The predicted molar refractivity (Wildman–Crippen MR) is 62.4 cm³/mol. The Labute approximate surface area is 96.9 Å². The molecule has 2 unspecified atom stereocenters. The molecule has 4 nitrogen and oxygen atoms in total. The molecule has 1 aliphatic heterocycles. The molecule has 0 saturated carbocycles. The summed E-state index contributed by atoms with van der Waals surface area (Å²) in [7, 11) is 0. The van der Waals surface area contributed by atoms with Gasteiger partial charge in [0.2, 0.25) is 0 Å². The van der Waals surface area contributed by atoms with Crippen LogP contribution >= 0.6 is 0 Å². The van der Waals surface area contributed by atoms with Crippen molar-refractivity contribution in [2.75, 3.05) is 6.61 Å². The summed E-state index contributed by atoms with van der Waals surface area (Å²) in [6.07, 6.45) is 4.61. The Balaban J connectivity index is 2.86. The highest BCUT2D eigenvalue weighted by atomic mass is 16.5. The third-order valence-corrected chi connectivity index (χ3v) is 3.07. The first-order valence-corrected chi connectivity index (χ1v) is 6.05. The van der Waals surface area contributed by atoms with Gasteiger partial charge in [0, 0.05) is 18.8 Å². The van der Waals surface area contributed by atoms with Crippen LogP contribution in [0.2, 0.25) is 0 Å². The van der Waals surface area contributed by atoms with Crippen molar-refractivity contribution in [1.29, 1.82) is 0 Å². The van der Waals surface area contributed by atoms with Gasteiger partial charge in [-0.05, 0) is 13.3 Å². The van der Waals surface area contributed by atoms with E-state index in [2.05, 4.69) is 6.92 Å². The van der Waals surface area contributed by atoms with E-state index in [1.54, 1.807) is 13.1 Å². The molecule has 0 spiro atoms. The Kier molecular flexibility index (Phi) is 4.33. The van der Waals surface area contributed by atoms with Gasteiger partial charge in [0.15, 0.2) is 6.21 Å². The van der Waals surface area contributed by atoms with Crippen LogP contribution < -0.4 is 0 Å². The van der Waals surface area contributed by atoms with E-state index < -0.39 is 5.54 Å². The average molecular weight is 227 g/mol. The predicted octanol–water partition coefficient (Wildman–Crippen LogP) is 2.10. The molecule has 0 aromatic rings. The fraction of sp³-hybridized carbons (Fsp3) is 0.833. The van der Waals surface area contributed by atoms with E-state index >= 15 is 0 Å². The fourth-order valence-electron chi connectivity index (χ4n) is 2.27. The van der Waals surface area contributed by atoms with Gasteiger partial charge >= 0.3 is 5.97 Å². The Morgan fingerprint density at radius 1 is 1.62 bits per heavy atom. The van der Waals surface area contributed by atoms with Gasteiger partial charge in [0.05, 0.1) is 6.61 Å². The first-order chi connectivity index (χ1) is 7.56. The molecule has 1 heterocycles. The SMILES string of the molecule is CCCCC1(C(=O)OCC)CC(C)C=[N+]1[O-]. The molecule has 2 atom stereocenters. The minimum atomic E-state index is -0.953. The molecule has 0 fully saturated rings. The van der Waals surface area contributed by atoms with Crippen molar-refractivity contribution in [3.8, 4) is 0 Å².